The topological polar surface area (TPSA) is 37.0 Å². The van der Waals surface area contributed by atoms with Gasteiger partial charge in [0.2, 0.25) is 0 Å². The van der Waals surface area contributed by atoms with Gasteiger partial charge in [0, 0.05) is 42.8 Å². The summed E-state index contributed by atoms with van der Waals surface area (Å²) in [5.74, 6) is 0.540. The van der Waals surface area contributed by atoms with Crippen LogP contribution < -0.4 is 10.6 Å². The highest BCUT2D eigenvalue weighted by atomic mass is 35.5. The molecule has 21 heavy (non-hydrogen) atoms. The van der Waals surface area contributed by atoms with E-state index in [1.54, 1.807) is 6.07 Å². The molecule has 1 heterocycles. The fraction of sp³-hybridized carbons (Fsp3) is 0.357. The second-order valence-corrected chi connectivity index (χ2v) is 4.83. The maximum atomic E-state index is 12.7. The van der Waals surface area contributed by atoms with Crippen LogP contribution in [0.5, 0.6) is 0 Å². The number of benzene rings is 1. The zero-order valence-corrected chi connectivity index (χ0v) is 11.9. The van der Waals surface area contributed by atoms with Crippen LogP contribution in [0.25, 0.3) is 10.9 Å². The minimum absolute atomic E-state index is 0.323. The normalized spacial score (nSPS) is 11.8. The Kier molecular flexibility index (Phi) is 5.25. The van der Waals surface area contributed by atoms with Crippen LogP contribution in [-0.4, -0.2) is 30.5 Å². The highest BCUT2D eigenvalue weighted by Crippen LogP contribution is 2.32. The highest BCUT2D eigenvalue weighted by molar-refractivity contribution is 6.18. The number of rotatable bonds is 6. The van der Waals surface area contributed by atoms with Crippen molar-refractivity contribution >= 4 is 28.2 Å². The van der Waals surface area contributed by atoms with Gasteiger partial charge in [-0.1, -0.05) is 6.07 Å². The SMILES string of the molecule is FC(F)(F)c1ccc2c(NCCNCCCl)ccnc2c1. The van der Waals surface area contributed by atoms with Gasteiger partial charge in [0.05, 0.1) is 11.1 Å². The fourth-order valence-electron chi connectivity index (χ4n) is 1.96. The first kappa shape index (κ1) is 15.9. The van der Waals surface area contributed by atoms with E-state index in [0.717, 1.165) is 30.9 Å². The molecule has 3 nitrogen and oxygen atoms in total. The van der Waals surface area contributed by atoms with Gasteiger partial charge < -0.3 is 10.6 Å². The fourth-order valence-corrected chi connectivity index (χ4v) is 2.09. The summed E-state index contributed by atoms with van der Waals surface area (Å²) < 4.78 is 38.0. The van der Waals surface area contributed by atoms with Crippen molar-refractivity contribution in [3.05, 3.63) is 36.0 Å². The number of pyridine rings is 1. The molecule has 7 heteroatoms. The molecule has 114 valence electrons. The molecule has 0 amide bonds. The maximum absolute atomic E-state index is 12.7. The molecular formula is C14H15ClF3N3. The third-order valence-electron chi connectivity index (χ3n) is 2.96. The van der Waals surface area contributed by atoms with Crippen LogP contribution in [0.15, 0.2) is 30.5 Å². The van der Waals surface area contributed by atoms with Crippen molar-refractivity contribution in [2.75, 3.05) is 30.8 Å². The van der Waals surface area contributed by atoms with E-state index in [1.165, 1.54) is 12.3 Å². The minimum Gasteiger partial charge on any atom is -0.383 e. The van der Waals surface area contributed by atoms with E-state index < -0.39 is 11.7 Å². The number of nitrogens with zero attached hydrogens (tertiary/aromatic N) is 1. The second-order valence-electron chi connectivity index (χ2n) is 4.45. The van der Waals surface area contributed by atoms with E-state index in [0.29, 0.717) is 23.3 Å². The predicted octanol–water partition coefficient (Wildman–Crippen LogP) is 3.49. The molecule has 0 saturated carbocycles. The van der Waals surface area contributed by atoms with Crippen molar-refractivity contribution in [3.63, 3.8) is 0 Å². The molecule has 1 aromatic heterocycles. The Morgan fingerprint density at radius 1 is 1.10 bits per heavy atom. The van der Waals surface area contributed by atoms with Gasteiger partial charge in [-0.2, -0.15) is 13.2 Å². The lowest BCUT2D eigenvalue weighted by molar-refractivity contribution is -0.137. The first-order valence-electron chi connectivity index (χ1n) is 6.49. The van der Waals surface area contributed by atoms with Gasteiger partial charge >= 0.3 is 6.18 Å². The smallest absolute Gasteiger partial charge is 0.383 e. The maximum Gasteiger partial charge on any atom is 0.416 e. The Bertz CT molecular complexity index is 602. The van der Waals surface area contributed by atoms with Gasteiger partial charge in [-0.3, -0.25) is 4.98 Å². The average Bonchev–Trinajstić information content (AvgIpc) is 2.45. The lowest BCUT2D eigenvalue weighted by atomic mass is 10.1. The van der Waals surface area contributed by atoms with Gasteiger partial charge in [-0.25, -0.2) is 0 Å². The van der Waals surface area contributed by atoms with E-state index in [-0.39, 0.29) is 0 Å². The molecule has 0 spiro atoms. The summed E-state index contributed by atoms with van der Waals surface area (Å²) in [6.45, 7) is 2.09. The lowest BCUT2D eigenvalue weighted by Crippen LogP contribution is -2.23. The molecule has 2 rings (SSSR count). The van der Waals surface area contributed by atoms with Crippen LogP contribution in [0.1, 0.15) is 5.56 Å². The molecule has 0 bridgehead atoms. The molecule has 0 atom stereocenters. The molecular weight excluding hydrogens is 303 g/mol. The first-order chi connectivity index (χ1) is 10.0. The van der Waals surface area contributed by atoms with Gasteiger partial charge in [-0.15, -0.1) is 11.6 Å². The summed E-state index contributed by atoms with van der Waals surface area (Å²) in [5.41, 5.74) is 0.397. The third-order valence-corrected chi connectivity index (χ3v) is 3.15. The quantitative estimate of drug-likeness (QED) is 0.632. The molecule has 0 fully saturated rings. The Labute approximate surface area is 125 Å². The van der Waals surface area contributed by atoms with Crippen molar-refractivity contribution in [1.82, 2.24) is 10.3 Å². The van der Waals surface area contributed by atoms with Crippen molar-refractivity contribution in [1.29, 1.82) is 0 Å². The van der Waals surface area contributed by atoms with Gasteiger partial charge in [0.15, 0.2) is 0 Å². The van der Waals surface area contributed by atoms with E-state index in [4.69, 9.17) is 11.6 Å². The van der Waals surface area contributed by atoms with Crippen LogP contribution in [0, 0.1) is 0 Å². The second kappa shape index (κ2) is 6.95. The molecule has 1 aromatic carbocycles. The number of fused-ring (bicyclic) bond motifs is 1. The molecule has 0 radical (unpaired) electrons. The van der Waals surface area contributed by atoms with Crippen LogP contribution >= 0.6 is 11.6 Å². The highest BCUT2D eigenvalue weighted by Gasteiger charge is 2.30. The van der Waals surface area contributed by atoms with Crippen molar-refractivity contribution < 1.29 is 13.2 Å². The number of aromatic nitrogens is 1. The molecule has 0 saturated heterocycles. The zero-order valence-electron chi connectivity index (χ0n) is 11.2. The van der Waals surface area contributed by atoms with Crippen LogP contribution in [0.4, 0.5) is 18.9 Å². The summed E-state index contributed by atoms with van der Waals surface area (Å²) in [6, 6.07) is 5.32. The Balaban J connectivity index is 2.14. The van der Waals surface area contributed by atoms with Gasteiger partial charge in [0.25, 0.3) is 0 Å². The third kappa shape index (κ3) is 4.22. The largest absolute Gasteiger partial charge is 0.416 e. The molecule has 0 aliphatic rings. The lowest BCUT2D eigenvalue weighted by Gasteiger charge is -2.12. The zero-order chi connectivity index (χ0) is 15.3. The van der Waals surface area contributed by atoms with Crippen molar-refractivity contribution in [2.45, 2.75) is 6.18 Å². The van der Waals surface area contributed by atoms with Crippen LogP contribution in [0.2, 0.25) is 0 Å². The van der Waals surface area contributed by atoms with Crippen molar-refractivity contribution in [3.8, 4) is 0 Å². The molecule has 2 N–H and O–H groups in total. The summed E-state index contributed by atoms with van der Waals surface area (Å²) in [4.78, 5) is 4.00. The number of halogens is 4. The Morgan fingerprint density at radius 3 is 2.62 bits per heavy atom. The van der Waals surface area contributed by atoms with Gasteiger partial charge in [-0.05, 0) is 18.2 Å². The van der Waals surface area contributed by atoms with E-state index in [2.05, 4.69) is 15.6 Å². The summed E-state index contributed by atoms with van der Waals surface area (Å²) in [6.07, 6.45) is -2.86. The molecule has 0 aliphatic heterocycles. The van der Waals surface area contributed by atoms with Crippen molar-refractivity contribution in [2.24, 2.45) is 0 Å². The number of alkyl halides is 4. The monoisotopic (exact) mass is 317 g/mol. The number of anilines is 1. The Hall–Kier alpha value is -1.53. The van der Waals surface area contributed by atoms with Crippen LogP contribution in [-0.2, 0) is 6.18 Å². The molecule has 0 aliphatic carbocycles. The van der Waals surface area contributed by atoms with Gasteiger partial charge in [0.1, 0.15) is 0 Å². The van der Waals surface area contributed by atoms with Crippen LogP contribution in [0.3, 0.4) is 0 Å². The van der Waals surface area contributed by atoms with E-state index >= 15 is 0 Å². The summed E-state index contributed by atoms with van der Waals surface area (Å²) in [7, 11) is 0. The van der Waals surface area contributed by atoms with E-state index in [9.17, 15) is 13.2 Å². The first-order valence-corrected chi connectivity index (χ1v) is 7.02. The molecule has 0 unspecified atom stereocenters. The standard InChI is InChI=1S/C14H15ClF3N3/c15-4-6-19-7-8-21-12-3-5-20-13-9-10(14(16,17)18)1-2-11(12)13/h1-3,5,9,19H,4,6-8H2,(H,20,21). The Morgan fingerprint density at radius 2 is 1.90 bits per heavy atom. The number of nitrogens with one attached hydrogen (secondary N) is 2. The summed E-state index contributed by atoms with van der Waals surface area (Å²) in [5, 5.41) is 6.97. The minimum atomic E-state index is -4.36. The number of hydrogen-bond acceptors (Lipinski definition) is 3. The predicted molar refractivity (Wildman–Crippen MR) is 78.8 cm³/mol. The molecule has 2 aromatic rings. The average molecular weight is 318 g/mol. The summed E-state index contributed by atoms with van der Waals surface area (Å²) >= 11 is 5.54. The number of hydrogen-bond donors (Lipinski definition) is 2. The van der Waals surface area contributed by atoms with E-state index in [1.807, 2.05) is 0 Å².